The van der Waals surface area contributed by atoms with Gasteiger partial charge in [0.2, 0.25) is 0 Å². The van der Waals surface area contributed by atoms with Crippen molar-refractivity contribution in [3.63, 3.8) is 0 Å². The molecule has 1 aromatic heterocycles. The largest absolute Gasteiger partial charge is 0.441 e. The van der Waals surface area contributed by atoms with Crippen LogP contribution in [0.2, 0.25) is 0 Å². The molecule has 0 aromatic carbocycles. The van der Waals surface area contributed by atoms with Gasteiger partial charge >= 0.3 is 5.51 Å². The summed E-state index contributed by atoms with van der Waals surface area (Å²) in [6, 6.07) is -0.613. The highest BCUT2D eigenvalue weighted by Gasteiger charge is 2.27. The molecular formula is C8H12F3N3OS. The molecule has 0 fully saturated rings. The average molecular weight is 255 g/mol. The van der Waals surface area contributed by atoms with E-state index in [1.807, 2.05) is 0 Å². The van der Waals surface area contributed by atoms with Gasteiger partial charge in [0.05, 0.1) is 24.7 Å². The maximum absolute atomic E-state index is 11.9. The molecule has 1 atom stereocenters. The summed E-state index contributed by atoms with van der Waals surface area (Å²) in [5.74, 6) is -0.106. The predicted molar refractivity (Wildman–Crippen MR) is 54.8 cm³/mol. The maximum Gasteiger partial charge on any atom is 0.441 e. The van der Waals surface area contributed by atoms with E-state index >= 15 is 0 Å². The van der Waals surface area contributed by atoms with Crippen molar-refractivity contribution in [2.24, 2.45) is 5.73 Å². The van der Waals surface area contributed by atoms with Gasteiger partial charge < -0.3 is 15.4 Å². The first-order chi connectivity index (χ1) is 7.44. The molecule has 0 saturated heterocycles. The van der Waals surface area contributed by atoms with Gasteiger partial charge in [0.15, 0.2) is 0 Å². The number of aromatic nitrogens is 2. The highest BCUT2D eigenvalue weighted by molar-refractivity contribution is 8.00. The summed E-state index contributed by atoms with van der Waals surface area (Å²) in [4.78, 5) is 3.79. The molecule has 16 heavy (non-hydrogen) atoms. The Morgan fingerprint density at radius 3 is 2.81 bits per heavy atom. The lowest BCUT2D eigenvalue weighted by Gasteiger charge is -2.12. The third-order valence-corrected chi connectivity index (χ3v) is 2.63. The third kappa shape index (κ3) is 4.03. The number of hydrogen-bond donors (Lipinski definition) is 2. The van der Waals surface area contributed by atoms with Crippen molar-refractivity contribution in [3.8, 4) is 0 Å². The molecule has 8 heteroatoms. The van der Waals surface area contributed by atoms with Gasteiger partial charge in [-0.15, -0.1) is 0 Å². The van der Waals surface area contributed by atoms with Crippen LogP contribution in [-0.4, -0.2) is 32.5 Å². The molecule has 0 saturated carbocycles. The van der Waals surface area contributed by atoms with E-state index in [0.29, 0.717) is 5.69 Å². The van der Waals surface area contributed by atoms with Crippen LogP contribution in [-0.2, 0) is 6.54 Å². The number of aryl methyl sites for hydroxylation is 1. The number of nitrogens with zero attached hydrogens (tertiary/aromatic N) is 2. The molecule has 1 heterocycles. The molecule has 0 spiro atoms. The van der Waals surface area contributed by atoms with E-state index in [9.17, 15) is 13.2 Å². The van der Waals surface area contributed by atoms with Gasteiger partial charge in [-0.25, -0.2) is 4.98 Å². The molecule has 0 aliphatic carbocycles. The Morgan fingerprint density at radius 2 is 2.25 bits per heavy atom. The second kappa shape index (κ2) is 5.55. The number of hydrogen-bond acceptors (Lipinski definition) is 4. The first kappa shape index (κ1) is 13.3. The zero-order valence-corrected chi connectivity index (χ0v) is 9.13. The summed E-state index contributed by atoms with van der Waals surface area (Å²) in [6.45, 7) is -0.106. The van der Waals surface area contributed by atoms with E-state index in [1.165, 1.54) is 17.1 Å². The highest BCUT2D eigenvalue weighted by atomic mass is 32.2. The van der Waals surface area contributed by atoms with E-state index in [2.05, 4.69) is 4.98 Å². The minimum atomic E-state index is -4.22. The van der Waals surface area contributed by atoms with Crippen molar-refractivity contribution < 1.29 is 18.3 Å². The second-order valence-electron chi connectivity index (χ2n) is 3.10. The normalized spacial score (nSPS) is 14.1. The topological polar surface area (TPSA) is 64.1 Å². The molecule has 0 amide bonds. The van der Waals surface area contributed by atoms with Gasteiger partial charge in [-0.3, -0.25) is 0 Å². The minimum Gasteiger partial charge on any atom is -0.394 e. The molecule has 0 bridgehead atoms. The number of imidazole rings is 1. The van der Waals surface area contributed by atoms with Crippen molar-refractivity contribution in [2.45, 2.75) is 18.1 Å². The number of thioether (sulfide) groups is 1. The molecule has 4 nitrogen and oxygen atoms in total. The Balaban J connectivity index is 2.51. The number of aliphatic hydroxyl groups excluding tert-OH is 1. The Bertz CT molecular complexity index is 329. The SMILES string of the molecule is NC(CO)c1cncn1CCSC(F)(F)F. The van der Waals surface area contributed by atoms with Crippen LogP contribution in [0.1, 0.15) is 11.7 Å². The van der Waals surface area contributed by atoms with E-state index in [-0.39, 0.29) is 30.7 Å². The molecule has 0 aliphatic rings. The lowest BCUT2D eigenvalue weighted by Crippen LogP contribution is -2.19. The van der Waals surface area contributed by atoms with Crippen molar-refractivity contribution in [3.05, 3.63) is 18.2 Å². The summed E-state index contributed by atoms with van der Waals surface area (Å²) >= 11 is -0.0921. The number of alkyl halides is 3. The van der Waals surface area contributed by atoms with Crippen LogP contribution in [0, 0.1) is 0 Å². The molecule has 1 unspecified atom stereocenters. The van der Waals surface area contributed by atoms with Crippen LogP contribution in [0.3, 0.4) is 0 Å². The predicted octanol–water partition coefficient (Wildman–Crippen LogP) is 1.13. The molecule has 0 radical (unpaired) electrons. The maximum atomic E-state index is 11.9. The molecule has 1 aromatic rings. The van der Waals surface area contributed by atoms with Gasteiger partial charge in [0.25, 0.3) is 0 Å². The molecule has 0 aliphatic heterocycles. The summed E-state index contributed by atoms with van der Waals surface area (Å²) in [6.07, 6.45) is 2.85. The number of nitrogens with two attached hydrogens (primary N) is 1. The lowest BCUT2D eigenvalue weighted by molar-refractivity contribution is -0.0328. The smallest absolute Gasteiger partial charge is 0.394 e. The van der Waals surface area contributed by atoms with Crippen LogP contribution in [0.25, 0.3) is 0 Å². The van der Waals surface area contributed by atoms with Crippen molar-refractivity contribution in [1.82, 2.24) is 9.55 Å². The van der Waals surface area contributed by atoms with Crippen LogP contribution in [0.5, 0.6) is 0 Å². The first-order valence-corrected chi connectivity index (χ1v) is 5.49. The van der Waals surface area contributed by atoms with Gasteiger partial charge in [0.1, 0.15) is 0 Å². The van der Waals surface area contributed by atoms with Gasteiger partial charge in [-0.2, -0.15) is 13.2 Å². The van der Waals surface area contributed by atoms with Crippen molar-refractivity contribution in [1.29, 1.82) is 0 Å². The number of aliphatic hydroxyl groups is 1. The van der Waals surface area contributed by atoms with E-state index in [4.69, 9.17) is 10.8 Å². The van der Waals surface area contributed by atoms with Gasteiger partial charge in [-0.1, -0.05) is 0 Å². The fourth-order valence-corrected chi connectivity index (χ4v) is 1.70. The van der Waals surface area contributed by atoms with Crippen molar-refractivity contribution in [2.75, 3.05) is 12.4 Å². The Hall–Kier alpha value is -0.730. The zero-order valence-electron chi connectivity index (χ0n) is 8.31. The fraction of sp³-hybridized carbons (Fsp3) is 0.625. The summed E-state index contributed by atoms with van der Waals surface area (Å²) in [7, 11) is 0. The van der Waals surface area contributed by atoms with Crippen LogP contribution >= 0.6 is 11.8 Å². The second-order valence-corrected chi connectivity index (χ2v) is 4.26. The molecule has 1 rings (SSSR count). The van der Waals surface area contributed by atoms with E-state index in [1.54, 1.807) is 0 Å². The standard InChI is InChI=1S/C8H12F3N3OS/c9-8(10,11)16-2-1-14-5-13-3-7(14)6(12)4-15/h3,5-6,15H,1-2,4,12H2. The molecule has 3 N–H and O–H groups in total. The lowest BCUT2D eigenvalue weighted by atomic mass is 10.2. The quantitative estimate of drug-likeness (QED) is 0.827. The Morgan fingerprint density at radius 1 is 1.56 bits per heavy atom. The first-order valence-electron chi connectivity index (χ1n) is 4.51. The summed E-state index contributed by atoms with van der Waals surface area (Å²) in [5, 5.41) is 8.83. The fourth-order valence-electron chi connectivity index (χ4n) is 1.18. The van der Waals surface area contributed by atoms with E-state index < -0.39 is 11.6 Å². The summed E-state index contributed by atoms with van der Waals surface area (Å²) in [5.41, 5.74) is 1.87. The van der Waals surface area contributed by atoms with Gasteiger partial charge in [-0.05, 0) is 11.8 Å². The van der Waals surface area contributed by atoms with Crippen molar-refractivity contribution >= 4 is 11.8 Å². The minimum absolute atomic E-state index is 0.0921. The zero-order chi connectivity index (χ0) is 12.2. The summed E-state index contributed by atoms with van der Waals surface area (Å²) < 4.78 is 37.2. The Kier molecular flexibility index (Phi) is 4.63. The van der Waals surface area contributed by atoms with Crippen LogP contribution in [0.4, 0.5) is 13.2 Å². The molecule has 92 valence electrons. The number of rotatable bonds is 5. The molecular weight excluding hydrogens is 243 g/mol. The average Bonchev–Trinajstić information content (AvgIpc) is 2.63. The number of halogens is 3. The van der Waals surface area contributed by atoms with Crippen LogP contribution in [0.15, 0.2) is 12.5 Å². The third-order valence-electron chi connectivity index (χ3n) is 1.92. The van der Waals surface area contributed by atoms with Gasteiger partial charge in [0, 0.05) is 18.5 Å². The van der Waals surface area contributed by atoms with E-state index in [0.717, 1.165) is 0 Å². The Labute approximate surface area is 94.6 Å². The monoisotopic (exact) mass is 255 g/mol. The van der Waals surface area contributed by atoms with Crippen LogP contribution < -0.4 is 5.73 Å². The highest BCUT2D eigenvalue weighted by Crippen LogP contribution is 2.30.